The first-order chi connectivity index (χ1) is 11.0. The third-order valence-electron chi connectivity index (χ3n) is 4.05. The second kappa shape index (κ2) is 6.46. The minimum Gasteiger partial charge on any atom is -0.369 e. The van der Waals surface area contributed by atoms with Crippen LogP contribution >= 0.6 is 0 Å². The van der Waals surface area contributed by atoms with Gasteiger partial charge in [0.25, 0.3) is 5.91 Å². The van der Waals surface area contributed by atoms with Gasteiger partial charge in [-0.05, 0) is 37.5 Å². The van der Waals surface area contributed by atoms with Crippen molar-refractivity contribution in [2.75, 3.05) is 0 Å². The number of carbonyl (C=O) groups is 1. The molecular formula is C18H19FN2O2. The molecule has 0 aliphatic heterocycles. The van der Waals surface area contributed by atoms with Gasteiger partial charge < -0.3 is 10.5 Å². The topological polar surface area (TPSA) is 65.2 Å². The van der Waals surface area contributed by atoms with Crippen molar-refractivity contribution in [3.8, 4) is 0 Å². The number of hydrogen-bond donors (Lipinski definition) is 1. The molecule has 1 amide bonds. The van der Waals surface area contributed by atoms with Crippen molar-refractivity contribution in [3.05, 3.63) is 58.2 Å². The highest BCUT2D eigenvalue weighted by molar-refractivity contribution is 5.95. The van der Waals surface area contributed by atoms with Gasteiger partial charge in [0.2, 0.25) is 0 Å². The number of nitrogens with two attached hydrogens (primary N) is 1. The molecular weight excluding hydrogens is 295 g/mol. The van der Waals surface area contributed by atoms with Crippen molar-refractivity contribution >= 4 is 12.0 Å². The summed E-state index contributed by atoms with van der Waals surface area (Å²) in [5, 5.41) is 0. The van der Waals surface area contributed by atoms with Crippen LogP contribution in [0, 0.1) is 6.92 Å². The van der Waals surface area contributed by atoms with Crippen LogP contribution < -0.4 is 5.73 Å². The van der Waals surface area contributed by atoms with E-state index in [0.717, 1.165) is 35.4 Å². The molecule has 0 radical (unpaired) electrons. The first kappa shape index (κ1) is 15.6. The molecule has 0 saturated carbocycles. The van der Waals surface area contributed by atoms with Crippen LogP contribution in [0.3, 0.4) is 0 Å². The Morgan fingerprint density at radius 2 is 2.30 bits per heavy atom. The zero-order valence-electron chi connectivity index (χ0n) is 13.0. The van der Waals surface area contributed by atoms with Crippen molar-refractivity contribution < 1.29 is 13.9 Å². The highest BCUT2D eigenvalue weighted by Crippen LogP contribution is 2.26. The summed E-state index contributed by atoms with van der Waals surface area (Å²) in [6.07, 6.45) is 8.87. The summed E-state index contributed by atoms with van der Waals surface area (Å²) in [7, 11) is 0. The summed E-state index contributed by atoms with van der Waals surface area (Å²) in [6.45, 7) is 2.34. The fourth-order valence-corrected chi connectivity index (χ4v) is 2.93. The Balaban J connectivity index is 1.71. The van der Waals surface area contributed by atoms with Gasteiger partial charge >= 0.3 is 0 Å². The Hall–Kier alpha value is -2.27. The number of aryl methyl sites for hydroxylation is 2. The summed E-state index contributed by atoms with van der Waals surface area (Å²) >= 11 is 0. The normalized spacial score (nSPS) is 19.8. The zero-order chi connectivity index (χ0) is 16.4. The van der Waals surface area contributed by atoms with E-state index in [9.17, 15) is 9.18 Å². The van der Waals surface area contributed by atoms with Gasteiger partial charge in [-0.25, -0.2) is 4.39 Å². The summed E-state index contributed by atoms with van der Waals surface area (Å²) in [5.74, 6) is -1.26. The molecule has 0 bridgehead atoms. The molecule has 2 aliphatic rings. The molecule has 120 valence electrons. The predicted octanol–water partition coefficient (Wildman–Crippen LogP) is 2.90. The van der Waals surface area contributed by atoms with Gasteiger partial charge in [0.1, 0.15) is 5.83 Å². The summed E-state index contributed by atoms with van der Waals surface area (Å²) < 4.78 is 19.7. The Morgan fingerprint density at radius 1 is 1.48 bits per heavy atom. The summed E-state index contributed by atoms with van der Waals surface area (Å²) in [6, 6.07) is 2.00. The number of allylic oxidation sites excluding steroid dienone is 1. The van der Waals surface area contributed by atoms with Crippen LogP contribution in [0.25, 0.3) is 6.08 Å². The van der Waals surface area contributed by atoms with E-state index < -0.39 is 17.8 Å². The molecule has 1 aromatic heterocycles. The molecule has 1 atom stereocenters. The van der Waals surface area contributed by atoms with Crippen LogP contribution in [0.2, 0.25) is 0 Å². The first-order valence-corrected chi connectivity index (χ1v) is 7.69. The van der Waals surface area contributed by atoms with Crippen molar-refractivity contribution in [1.29, 1.82) is 0 Å². The maximum Gasteiger partial charge on any atom is 0.251 e. The molecule has 3 rings (SSSR count). The fourth-order valence-electron chi connectivity index (χ4n) is 2.93. The van der Waals surface area contributed by atoms with E-state index in [1.807, 2.05) is 13.0 Å². The third-order valence-corrected chi connectivity index (χ3v) is 4.05. The highest BCUT2D eigenvalue weighted by atomic mass is 19.1. The van der Waals surface area contributed by atoms with E-state index in [0.29, 0.717) is 6.61 Å². The molecule has 0 aromatic carbocycles. The maximum absolute atomic E-state index is 13.8. The minimum atomic E-state index is -0.749. The largest absolute Gasteiger partial charge is 0.369 e. The second-order valence-corrected chi connectivity index (χ2v) is 5.82. The molecule has 0 spiro atoms. The van der Waals surface area contributed by atoms with Crippen LogP contribution in [0.1, 0.15) is 35.4 Å². The SMILES string of the molecule is Cc1cc(COC2C=CC(C(N)=O)=C(F)C2)c2c(n1)CCC=C2. The molecule has 2 aliphatic carbocycles. The Kier molecular flexibility index (Phi) is 4.39. The van der Waals surface area contributed by atoms with E-state index in [4.69, 9.17) is 10.5 Å². The Bertz CT molecular complexity index is 735. The Labute approximate surface area is 134 Å². The van der Waals surface area contributed by atoms with Gasteiger partial charge in [-0.3, -0.25) is 9.78 Å². The highest BCUT2D eigenvalue weighted by Gasteiger charge is 2.21. The van der Waals surface area contributed by atoms with Gasteiger partial charge in [-0.15, -0.1) is 0 Å². The molecule has 5 heteroatoms. The fraction of sp³-hybridized carbons (Fsp3) is 0.333. The number of halogens is 1. The first-order valence-electron chi connectivity index (χ1n) is 7.69. The van der Waals surface area contributed by atoms with Gasteiger partial charge in [-0.1, -0.05) is 18.2 Å². The van der Waals surface area contributed by atoms with E-state index >= 15 is 0 Å². The lowest BCUT2D eigenvalue weighted by Crippen LogP contribution is -2.20. The summed E-state index contributed by atoms with van der Waals surface area (Å²) in [5.41, 5.74) is 9.26. The molecule has 0 saturated heterocycles. The lowest BCUT2D eigenvalue weighted by Gasteiger charge is -2.20. The number of ether oxygens (including phenoxy) is 1. The molecule has 4 nitrogen and oxygen atoms in total. The van der Waals surface area contributed by atoms with Crippen LogP contribution in [0.15, 0.2) is 35.7 Å². The number of nitrogens with zero attached hydrogens (tertiary/aromatic N) is 1. The maximum atomic E-state index is 13.8. The molecule has 1 heterocycles. The van der Waals surface area contributed by atoms with Crippen LogP contribution in [0.4, 0.5) is 4.39 Å². The van der Waals surface area contributed by atoms with Gasteiger partial charge in [0.05, 0.1) is 18.3 Å². The number of rotatable bonds is 4. The monoisotopic (exact) mass is 314 g/mol. The number of fused-ring (bicyclic) bond motifs is 1. The van der Waals surface area contributed by atoms with Crippen molar-refractivity contribution in [3.63, 3.8) is 0 Å². The third kappa shape index (κ3) is 3.40. The number of primary amides is 1. The van der Waals surface area contributed by atoms with Gasteiger partial charge in [0.15, 0.2) is 0 Å². The van der Waals surface area contributed by atoms with E-state index in [1.54, 1.807) is 6.08 Å². The van der Waals surface area contributed by atoms with E-state index in [-0.39, 0.29) is 12.0 Å². The number of carbonyl (C=O) groups excluding carboxylic acids is 1. The Morgan fingerprint density at radius 3 is 3.04 bits per heavy atom. The quantitative estimate of drug-likeness (QED) is 0.929. The molecule has 1 unspecified atom stereocenters. The van der Waals surface area contributed by atoms with Crippen molar-refractivity contribution in [2.45, 2.75) is 38.9 Å². The predicted molar refractivity (Wildman–Crippen MR) is 86.0 cm³/mol. The van der Waals surface area contributed by atoms with Crippen LogP contribution in [-0.2, 0) is 22.6 Å². The van der Waals surface area contributed by atoms with Gasteiger partial charge in [-0.2, -0.15) is 0 Å². The smallest absolute Gasteiger partial charge is 0.251 e. The number of amides is 1. The summed E-state index contributed by atoms with van der Waals surface area (Å²) in [4.78, 5) is 15.6. The van der Waals surface area contributed by atoms with E-state index in [1.165, 1.54) is 6.08 Å². The number of hydrogen-bond acceptors (Lipinski definition) is 3. The van der Waals surface area contributed by atoms with E-state index in [2.05, 4.69) is 17.1 Å². The van der Waals surface area contributed by atoms with Crippen LogP contribution in [-0.4, -0.2) is 17.0 Å². The molecule has 0 fully saturated rings. The van der Waals surface area contributed by atoms with Crippen molar-refractivity contribution in [1.82, 2.24) is 4.98 Å². The standard InChI is InChI=1S/C18H19FN2O2/c1-11-8-12(14-4-2-3-5-17(14)21-11)10-23-13-6-7-15(18(20)22)16(19)9-13/h2,4,6-8,13H,3,5,9-10H2,1H3,(H2,20,22). The lowest BCUT2D eigenvalue weighted by molar-refractivity contribution is -0.114. The van der Waals surface area contributed by atoms with Gasteiger partial charge in [0, 0.05) is 23.4 Å². The average molecular weight is 314 g/mol. The number of aromatic nitrogens is 1. The lowest BCUT2D eigenvalue weighted by atomic mass is 9.97. The van der Waals surface area contributed by atoms with Crippen LogP contribution in [0.5, 0.6) is 0 Å². The molecule has 1 aromatic rings. The molecule has 2 N–H and O–H groups in total. The number of pyridine rings is 1. The minimum absolute atomic E-state index is 0.0386. The second-order valence-electron chi connectivity index (χ2n) is 5.82. The zero-order valence-corrected chi connectivity index (χ0v) is 13.0. The van der Waals surface area contributed by atoms with Crippen molar-refractivity contribution in [2.24, 2.45) is 5.73 Å². The average Bonchev–Trinajstić information content (AvgIpc) is 2.52. The molecule has 23 heavy (non-hydrogen) atoms.